The molecule has 12 heteroatoms. The lowest BCUT2D eigenvalue weighted by Gasteiger charge is -2.12. The first-order chi connectivity index (χ1) is 30.1. The summed E-state index contributed by atoms with van der Waals surface area (Å²) in [4.78, 5) is 0. The third-order valence-corrected chi connectivity index (χ3v) is 11.1. The molecule has 0 aliphatic rings. The number of hydrogen-bond acceptors (Lipinski definition) is 12. The molecule has 15 N–H and O–H groups in total. The van der Waals surface area contributed by atoms with Crippen LogP contribution in [0.2, 0.25) is 0 Å². The Morgan fingerprint density at radius 3 is 0.418 bits per heavy atom. The third-order valence-electron chi connectivity index (χ3n) is 11.1. The van der Waals surface area contributed by atoms with Crippen molar-refractivity contribution in [2.45, 2.75) is 267 Å². The smallest absolute Gasteiger partial charge is 0.0687 e. The van der Waals surface area contributed by atoms with Gasteiger partial charge in [0.15, 0.2) is 0 Å². The average molecular weight is 978 g/mol. The Hall–Kier alpha value is -0.480. The van der Waals surface area contributed by atoms with Crippen molar-refractivity contribution >= 4 is 0 Å². The quantitative estimate of drug-likeness (QED) is 0.0515. The van der Waals surface area contributed by atoms with Crippen molar-refractivity contribution in [1.29, 1.82) is 0 Å². The van der Waals surface area contributed by atoms with Gasteiger partial charge in [-0.1, -0.05) is 174 Å². The van der Waals surface area contributed by atoms with E-state index < -0.39 is 0 Å². The summed E-state index contributed by atoms with van der Waals surface area (Å²) in [6, 6.07) is 1.21. The van der Waals surface area contributed by atoms with Crippen LogP contribution in [0.15, 0.2) is 0 Å². The molecule has 0 aromatic carbocycles. The van der Waals surface area contributed by atoms with Gasteiger partial charge in [-0.15, -0.1) is 0 Å². The van der Waals surface area contributed by atoms with Crippen molar-refractivity contribution in [2.75, 3.05) is 40.8 Å². The predicted molar refractivity (Wildman–Crippen MR) is 304 cm³/mol. The Balaban J connectivity index is -0.0000000681. The zero-order valence-electron chi connectivity index (χ0n) is 49.7. The first kappa shape index (κ1) is 89.4. The Labute approximate surface area is 423 Å². The fourth-order valence-electron chi connectivity index (χ4n) is 4.16. The lowest BCUT2D eigenvalue weighted by Crippen LogP contribution is -2.27. The van der Waals surface area contributed by atoms with Crippen molar-refractivity contribution in [3.05, 3.63) is 0 Å². The van der Waals surface area contributed by atoms with Crippen LogP contribution in [0.3, 0.4) is 0 Å². The normalized spacial score (nSPS) is 14.6. The van der Waals surface area contributed by atoms with E-state index in [1.54, 1.807) is 0 Å². The van der Waals surface area contributed by atoms with E-state index in [2.05, 4.69) is 78.3 Å². The van der Waals surface area contributed by atoms with Gasteiger partial charge in [0.2, 0.25) is 0 Å². The van der Waals surface area contributed by atoms with E-state index >= 15 is 0 Å². The number of rotatable bonds is 21. The summed E-state index contributed by atoms with van der Waals surface area (Å²) < 4.78 is 0. The average Bonchev–Trinajstić information content (AvgIpc) is 3.26. The number of nitrogens with two attached hydrogens (primary N) is 3. The van der Waals surface area contributed by atoms with Gasteiger partial charge >= 0.3 is 0 Å². The molecular weight excluding hydrogens is 841 g/mol. The van der Waals surface area contributed by atoms with Gasteiger partial charge in [-0.05, 0) is 113 Å². The van der Waals surface area contributed by atoms with Crippen molar-refractivity contribution in [3.63, 3.8) is 0 Å². The summed E-state index contributed by atoms with van der Waals surface area (Å²) >= 11 is 0. The Morgan fingerprint density at radius 2 is 0.403 bits per heavy atom. The molecule has 0 aromatic rings. The second-order valence-electron chi connectivity index (χ2n) is 20.7. The van der Waals surface area contributed by atoms with E-state index in [1.807, 2.05) is 125 Å². The van der Waals surface area contributed by atoms with Crippen LogP contribution in [0.1, 0.15) is 212 Å². The van der Waals surface area contributed by atoms with Gasteiger partial charge < -0.3 is 63.8 Å². The number of nitrogens with one attached hydrogen (secondary N) is 3. The monoisotopic (exact) mass is 977 g/mol. The van der Waals surface area contributed by atoms with Crippen LogP contribution >= 0.6 is 0 Å². The van der Waals surface area contributed by atoms with Crippen LogP contribution < -0.4 is 33.2 Å². The predicted octanol–water partition coefficient (Wildman–Crippen LogP) is 9.68. The molecule has 0 heterocycles. The highest BCUT2D eigenvalue weighted by molar-refractivity contribution is 4.64. The minimum absolute atomic E-state index is 0. The van der Waals surface area contributed by atoms with Crippen LogP contribution in [-0.2, 0) is 0 Å². The lowest BCUT2D eigenvalue weighted by molar-refractivity contribution is 0.121. The second-order valence-corrected chi connectivity index (χ2v) is 20.7. The summed E-state index contributed by atoms with van der Waals surface area (Å²) in [5.41, 5.74) is 16.8. The first-order valence-corrected chi connectivity index (χ1v) is 26.4. The van der Waals surface area contributed by atoms with Crippen molar-refractivity contribution in [3.8, 4) is 0 Å². The molecule has 0 aliphatic heterocycles. The van der Waals surface area contributed by atoms with Crippen LogP contribution in [0.5, 0.6) is 0 Å². The SMILES string of the molecule is C.CCC(N)C(C)C.CCC(O)C(C)C.CC[C@@H](N)C(C)C.CC[C@@H](O)C(C)C.CC[C@H](N)C(C)C.CC[C@H](O)C(C)C.CNCC(O)C(C)C.CNC[C@@H](O)C(C)C.CNC[C@H](O)C(C)C. The van der Waals surface area contributed by atoms with Crippen molar-refractivity contribution < 1.29 is 30.6 Å². The van der Waals surface area contributed by atoms with E-state index in [0.717, 1.165) is 38.5 Å². The van der Waals surface area contributed by atoms with Gasteiger partial charge in [-0.25, -0.2) is 0 Å². The highest BCUT2D eigenvalue weighted by atomic mass is 16.3. The van der Waals surface area contributed by atoms with Crippen LogP contribution in [0.25, 0.3) is 0 Å². The standard InChI is InChI=1S/3C6H15NO.3C6H15N.3C6H14O.CH4/c3*1-5(2)6(8)4-7-3;6*1-4-6(7)5(2)3;/h3*5-8H,4H2,1-3H3;3*5-6H,4,7H2,1-3H3;3*5-7H,4H2,1-3H3;1H4/t2*6-;;2*6-;;2*6-;;/m10.10.10../s1. The molecule has 0 fully saturated rings. The van der Waals surface area contributed by atoms with Crippen LogP contribution in [-0.4, -0.2) is 126 Å². The summed E-state index contributed by atoms with van der Waals surface area (Å²) in [5, 5.41) is 62.7. The van der Waals surface area contributed by atoms with Gasteiger partial charge in [-0.3, -0.25) is 0 Å². The Morgan fingerprint density at radius 1 is 0.269 bits per heavy atom. The molecule has 0 aliphatic carbocycles. The fourth-order valence-corrected chi connectivity index (χ4v) is 4.16. The molecular formula is C55H136N6O6. The maximum Gasteiger partial charge on any atom is 0.0687 e. The zero-order chi connectivity index (χ0) is 54.9. The summed E-state index contributed by atoms with van der Waals surface area (Å²) in [7, 11) is 5.52. The third kappa shape index (κ3) is 82.8. The van der Waals surface area contributed by atoms with Crippen LogP contribution in [0, 0.1) is 53.3 Å². The number of hydrogen-bond donors (Lipinski definition) is 12. The van der Waals surface area contributed by atoms with Crippen molar-refractivity contribution in [2.24, 2.45) is 70.5 Å². The van der Waals surface area contributed by atoms with Gasteiger partial charge in [0, 0.05) is 37.8 Å². The van der Waals surface area contributed by atoms with E-state index in [0.29, 0.717) is 91.0 Å². The largest absolute Gasteiger partial charge is 0.393 e. The van der Waals surface area contributed by atoms with Gasteiger partial charge in [-0.2, -0.15) is 0 Å². The lowest BCUT2D eigenvalue weighted by atomic mass is 10.0. The zero-order valence-corrected chi connectivity index (χ0v) is 49.7. The molecule has 0 radical (unpaired) electrons. The van der Waals surface area contributed by atoms with Gasteiger partial charge in [0.05, 0.1) is 36.6 Å². The topological polar surface area (TPSA) is 236 Å². The van der Waals surface area contributed by atoms with E-state index in [4.69, 9.17) is 47.8 Å². The molecule has 422 valence electrons. The molecule has 0 saturated carbocycles. The molecule has 0 bridgehead atoms. The maximum absolute atomic E-state index is 9.06. The molecule has 0 aromatic heterocycles. The molecule has 67 heavy (non-hydrogen) atoms. The molecule has 0 amide bonds. The van der Waals surface area contributed by atoms with Crippen LogP contribution in [0.4, 0.5) is 0 Å². The molecule has 0 rings (SSSR count). The summed E-state index contributed by atoms with van der Waals surface area (Å²) in [5.74, 6) is 4.28. The van der Waals surface area contributed by atoms with E-state index in [1.165, 1.54) is 0 Å². The number of likely N-dealkylation sites (N-methyl/N-ethyl adjacent to an activating group) is 3. The Kier molecular flexibility index (Phi) is 84.8. The summed E-state index contributed by atoms with van der Waals surface area (Å²) in [6.45, 7) is 51.4. The van der Waals surface area contributed by atoms with Crippen molar-refractivity contribution in [1.82, 2.24) is 16.0 Å². The second kappa shape index (κ2) is 63.5. The molecule has 12 nitrogen and oxygen atoms in total. The van der Waals surface area contributed by atoms with E-state index in [-0.39, 0.29) is 44.1 Å². The number of aliphatic hydroxyl groups excluding tert-OH is 6. The highest BCUT2D eigenvalue weighted by Crippen LogP contribution is 2.05. The van der Waals surface area contributed by atoms with Gasteiger partial charge in [0.25, 0.3) is 0 Å². The molecule has 0 spiro atoms. The molecule has 3 unspecified atom stereocenters. The molecule has 0 saturated heterocycles. The Bertz CT molecular complexity index is 691. The molecule has 9 atom stereocenters. The summed E-state index contributed by atoms with van der Waals surface area (Å²) in [6.07, 6.45) is 5.03. The fraction of sp³-hybridized carbons (Fsp3) is 1.00. The highest BCUT2D eigenvalue weighted by Gasteiger charge is 2.08. The first-order valence-electron chi connectivity index (χ1n) is 26.4. The minimum Gasteiger partial charge on any atom is -0.393 e. The van der Waals surface area contributed by atoms with Gasteiger partial charge in [0.1, 0.15) is 0 Å². The number of aliphatic hydroxyl groups is 6. The minimum atomic E-state index is -0.194. The maximum atomic E-state index is 9.06. The van der Waals surface area contributed by atoms with E-state index in [9.17, 15) is 0 Å².